The minimum atomic E-state index is 0.170. The van der Waals surface area contributed by atoms with Gasteiger partial charge in [-0.1, -0.05) is 18.2 Å². The van der Waals surface area contributed by atoms with E-state index in [1.165, 1.54) is 0 Å². The summed E-state index contributed by atoms with van der Waals surface area (Å²) < 4.78 is 5.58. The van der Waals surface area contributed by atoms with Crippen LogP contribution in [0.3, 0.4) is 0 Å². The quantitative estimate of drug-likeness (QED) is 0.451. The Labute approximate surface area is 113 Å². The van der Waals surface area contributed by atoms with Crippen molar-refractivity contribution in [2.45, 2.75) is 0 Å². The molecule has 3 aromatic rings. The van der Waals surface area contributed by atoms with Crippen molar-refractivity contribution in [2.24, 2.45) is 5.10 Å². The topological polar surface area (TPSA) is 63.3 Å². The van der Waals surface area contributed by atoms with Crippen molar-refractivity contribution in [3.63, 3.8) is 0 Å². The van der Waals surface area contributed by atoms with Crippen LogP contribution in [0.1, 0.15) is 5.76 Å². The number of aromatic nitrogens is 2. The maximum absolute atomic E-state index is 5.66. The number of rotatable bonds is 3. The summed E-state index contributed by atoms with van der Waals surface area (Å²) in [4.78, 5) is 7.72. The lowest BCUT2D eigenvalue weighted by molar-refractivity contribution is 0.608. The van der Waals surface area contributed by atoms with Crippen LogP contribution in [0.4, 0.5) is 5.82 Å². The Morgan fingerprint density at radius 1 is 1.26 bits per heavy atom. The first-order chi connectivity index (χ1) is 9.31. The Morgan fingerprint density at radius 3 is 3.00 bits per heavy atom. The highest BCUT2D eigenvalue weighted by Gasteiger charge is 2.00. The third-order valence-electron chi connectivity index (χ3n) is 2.44. The van der Waals surface area contributed by atoms with Gasteiger partial charge in [0.15, 0.2) is 5.82 Å². The average Bonchev–Trinajstić information content (AvgIpc) is 2.81. The Bertz CT molecular complexity index is 705. The van der Waals surface area contributed by atoms with Crippen molar-refractivity contribution in [1.82, 2.24) is 9.97 Å². The Balaban J connectivity index is 1.75. The fraction of sp³-hybridized carbons (Fsp3) is 0. The van der Waals surface area contributed by atoms with Gasteiger partial charge in [0.2, 0.25) is 5.28 Å². The number of halogens is 1. The van der Waals surface area contributed by atoms with E-state index < -0.39 is 0 Å². The van der Waals surface area contributed by atoms with Gasteiger partial charge in [0, 0.05) is 17.6 Å². The first kappa shape index (κ1) is 11.7. The van der Waals surface area contributed by atoms with Crippen molar-refractivity contribution in [1.29, 1.82) is 0 Å². The van der Waals surface area contributed by atoms with Crippen molar-refractivity contribution >= 4 is 34.6 Å². The minimum Gasteiger partial charge on any atom is -0.455 e. The van der Waals surface area contributed by atoms with E-state index in [-0.39, 0.29) is 5.28 Å². The molecule has 0 fully saturated rings. The highest BCUT2D eigenvalue weighted by Crippen LogP contribution is 2.17. The number of hydrogen-bond donors (Lipinski definition) is 1. The van der Waals surface area contributed by atoms with Crippen LogP contribution in [0.25, 0.3) is 11.0 Å². The lowest BCUT2D eigenvalue weighted by atomic mass is 10.2. The molecule has 0 aliphatic heterocycles. The van der Waals surface area contributed by atoms with Gasteiger partial charge in [-0.05, 0) is 23.7 Å². The molecule has 0 spiro atoms. The molecule has 0 bridgehead atoms. The molecule has 1 aromatic carbocycles. The average molecular weight is 273 g/mol. The van der Waals surface area contributed by atoms with E-state index in [1.54, 1.807) is 18.5 Å². The largest absolute Gasteiger partial charge is 0.455 e. The second-order valence-corrected chi connectivity index (χ2v) is 4.11. The molecule has 5 nitrogen and oxygen atoms in total. The van der Waals surface area contributed by atoms with Gasteiger partial charge >= 0.3 is 0 Å². The molecule has 6 heteroatoms. The third-order valence-corrected chi connectivity index (χ3v) is 2.62. The lowest BCUT2D eigenvalue weighted by Crippen LogP contribution is -1.93. The highest BCUT2D eigenvalue weighted by atomic mass is 35.5. The first-order valence-electron chi connectivity index (χ1n) is 5.57. The van der Waals surface area contributed by atoms with Crippen LogP contribution in [0.15, 0.2) is 52.1 Å². The lowest BCUT2D eigenvalue weighted by Gasteiger charge is -1.97. The zero-order chi connectivity index (χ0) is 13.1. The number of para-hydroxylation sites is 1. The first-order valence-corrected chi connectivity index (χ1v) is 5.95. The van der Waals surface area contributed by atoms with E-state index in [0.29, 0.717) is 11.6 Å². The molecular formula is C13H9ClN4O. The van der Waals surface area contributed by atoms with Crippen molar-refractivity contribution in [3.05, 3.63) is 53.6 Å². The molecule has 0 atom stereocenters. The fourth-order valence-electron chi connectivity index (χ4n) is 1.63. The molecule has 0 aliphatic rings. The molecule has 2 aromatic heterocycles. The van der Waals surface area contributed by atoms with E-state index >= 15 is 0 Å². The smallest absolute Gasteiger partial charge is 0.224 e. The molecule has 1 N–H and O–H groups in total. The summed E-state index contributed by atoms with van der Waals surface area (Å²) in [6, 6.07) is 11.3. The summed E-state index contributed by atoms with van der Waals surface area (Å²) in [5, 5.41) is 5.24. The standard InChI is InChI=1S/C13H9ClN4O/c14-13-15-6-5-12(17-13)18-16-8-10-7-9-3-1-2-4-11(9)19-10/h1-8H,(H,15,17,18)/b16-8-. The third kappa shape index (κ3) is 2.71. The molecule has 3 rings (SSSR count). The van der Waals surface area contributed by atoms with E-state index in [9.17, 15) is 0 Å². The zero-order valence-electron chi connectivity index (χ0n) is 9.75. The number of fused-ring (bicyclic) bond motifs is 1. The molecule has 19 heavy (non-hydrogen) atoms. The molecule has 0 saturated carbocycles. The fourth-order valence-corrected chi connectivity index (χ4v) is 1.77. The Hall–Kier alpha value is -2.40. The van der Waals surface area contributed by atoms with E-state index in [4.69, 9.17) is 16.0 Å². The maximum Gasteiger partial charge on any atom is 0.224 e. The predicted molar refractivity (Wildman–Crippen MR) is 74.5 cm³/mol. The van der Waals surface area contributed by atoms with Crippen molar-refractivity contribution in [2.75, 3.05) is 5.43 Å². The van der Waals surface area contributed by atoms with Crippen LogP contribution >= 0.6 is 11.6 Å². The Kier molecular flexibility index (Phi) is 3.12. The van der Waals surface area contributed by atoms with Gasteiger partial charge in [0.05, 0.1) is 6.21 Å². The molecule has 0 aliphatic carbocycles. The normalized spacial score (nSPS) is 11.2. The van der Waals surface area contributed by atoms with Crippen molar-refractivity contribution < 1.29 is 4.42 Å². The van der Waals surface area contributed by atoms with Crippen LogP contribution in [0.5, 0.6) is 0 Å². The van der Waals surface area contributed by atoms with E-state index in [2.05, 4.69) is 20.5 Å². The predicted octanol–water partition coefficient (Wildman–Crippen LogP) is 3.32. The summed E-state index contributed by atoms with van der Waals surface area (Å²) in [6.07, 6.45) is 3.13. The van der Waals surface area contributed by atoms with Crippen molar-refractivity contribution in [3.8, 4) is 0 Å². The minimum absolute atomic E-state index is 0.170. The number of anilines is 1. The summed E-state index contributed by atoms with van der Waals surface area (Å²) in [6.45, 7) is 0. The van der Waals surface area contributed by atoms with Crippen LogP contribution < -0.4 is 5.43 Å². The van der Waals surface area contributed by atoms with Gasteiger partial charge < -0.3 is 4.42 Å². The zero-order valence-corrected chi connectivity index (χ0v) is 10.5. The monoisotopic (exact) mass is 272 g/mol. The summed E-state index contributed by atoms with van der Waals surface area (Å²) >= 11 is 5.66. The SMILES string of the molecule is Clc1nccc(N/N=C\c2cc3ccccc3o2)n1. The molecule has 94 valence electrons. The van der Waals surface area contributed by atoms with Crippen LogP contribution in [0.2, 0.25) is 5.28 Å². The number of hydrogen-bond acceptors (Lipinski definition) is 5. The summed E-state index contributed by atoms with van der Waals surface area (Å²) in [7, 11) is 0. The summed E-state index contributed by atoms with van der Waals surface area (Å²) in [5.41, 5.74) is 3.58. The molecular weight excluding hydrogens is 264 g/mol. The molecule has 0 unspecified atom stereocenters. The van der Waals surface area contributed by atoms with Gasteiger partial charge in [-0.25, -0.2) is 4.98 Å². The molecule has 0 saturated heterocycles. The van der Waals surface area contributed by atoms with E-state index in [0.717, 1.165) is 11.0 Å². The molecule has 2 heterocycles. The molecule has 0 amide bonds. The van der Waals surface area contributed by atoms with E-state index in [1.807, 2.05) is 30.3 Å². The van der Waals surface area contributed by atoms with Gasteiger partial charge in [0.1, 0.15) is 11.3 Å². The molecule has 0 radical (unpaired) electrons. The van der Waals surface area contributed by atoms with Crippen LogP contribution in [-0.4, -0.2) is 16.2 Å². The number of nitrogens with one attached hydrogen (secondary N) is 1. The Morgan fingerprint density at radius 2 is 2.16 bits per heavy atom. The second-order valence-electron chi connectivity index (χ2n) is 3.77. The highest BCUT2D eigenvalue weighted by molar-refractivity contribution is 6.28. The number of nitrogens with zero attached hydrogens (tertiary/aromatic N) is 3. The number of furan rings is 1. The number of benzene rings is 1. The maximum atomic E-state index is 5.66. The van der Waals surface area contributed by atoms with Gasteiger partial charge in [-0.3, -0.25) is 5.43 Å². The second kappa shape index (κ2) is 5.07. The van der Waals surface area contributed by atoms with Gasteiger partial charge in [-0.2, -0.15) is 10.1 Å². The van der Waals surface area contributed by atoms with Crippen LogP contribution in [0, 0.1) is 0 Å². The van der Waals surface area contributed by atoms with Gasteiger partial charge in [0.25, 0.3) is 0 Å². The summed E-state index contributed by atoms with van der Waals surface area (Å²) in [5.74, 6) is 1.18. The van der Waals surface area contributed by atoms with Gasteiger partial charge in [-0.15, -0.1) is 0 Å². The van der Waals surface area contributed by atoms with Crippen LogP contribution in [-0.2, 0) is 0 Å². The number of hydrazone groups is 1.